The smallest absolute Gasteiger partial charge is 0.312 e. The van der Waals surface area contributed by atoms with Crippen LogP contribution < -0.4 is 25.8 Å². The van der Waals surface area contributed by atoms with Gasteiger partial charge in [-0.05, 0) is 29.2 Å². The van der Waals surface area contributed by atoms with Gasteiger partial charge in [0.25, 0.3) is 0 Å². The number of urea groups is 1. The van der Waals surface area contributed by atoms with Gasteiger partial charge in [-0.2, -0.15) is 0 Å². The average molecular weight is 397 g/mol. The van der Waals surface area contributed by atoms with Crippen molar-refractivity contribution in [2.24, 2.45) is 11.7 Å². The fourth-order valence-corrected chi connectivity index (χ4v) is 3.42. The lowest BCUT2D eigenvalue weighted by Gasteiger charge is -2.26. The minimum absolute atomic E-state index is 0.0841. The summed E-state index contributed by atoms with van der Waals surface area (Å²) >= 11 is 0. The number of hydrogen-bond acceptors (Lipinski definition) is 4. The molecule has 0 aliphatic carbocycles. The number of primary amides is 1. The van der Waals surface area contributed by atoms with Gasteiger partial charge in [0.15, 0.2) is 11.5 Å². The van der Waals surface area contributed by atoms with E-state index >= 15 is 0 Å². The van der Waals surface area contributed by atoms with Crippen molar-refractivity contribution in [2.45, 2.75) is 32.4 Å². The summed E-state index contributed by atoms with van der Waals surface area (Å²) in [6.07, 6.45) is 0.0841. The molecule has 0 bridgehead atoms. The number of fused-ring (bicyclic) bond motifs is 1. The van der Waals surface area contributed by atoms with Crippen LogP contribution in [-0.2, 0) is 4.79 Å². The highest BCUT2D eigenvalue weighted by Gasteiger charge is 2.24. The van der Waals surface area contributed by atoms with E-state index in [0.29, 0.717) is 24.7 Å². The number of nitrogens with one attached hydrogen (secondary N) is 2. The molecule has 0 saturated heterocycles. The Morgan fingerprint density at radius 2 is 1.66 bits per heavy atom. The second-order valence-electron chi connectivity index (χ2n) is 7.37. The van der Waals surface area contributed by atoms with Crippen LogP contribution in [0, 0.1) is 5.92 Å². The molecule has 29 heavy (non-hydrogen) atoms. The lowest BCUT2D eigenvalue weighted by molar-refractivity contribution is -0.122. The molecular weight excluding hydrogens is 370 g/mol. The van der Waals surface area contributed by atoms with Crippen molar-refractivity contribution < 1.29 is 19.1 Å². The van der Waals surface area contributed by atoms with Crippen molar-refractivity contribution in [3.8, 4) is 11.5 Å². The Morgan fingerprint density at radius 3 is 2.31 bits per heavy atom. The van der Waals surface area contributed by atoms with Crippen LogP contribution in [0.4, 0.5) is 4.79 Å². The van der Waals surface area contributed by atoms with Crippen LogP contribution in [0.3, 0.4) is 0 Å². The zero-order valence-electron chi connectivity index (χ0n) is 16.7. The highest BCUT2D eigenvalue weighted by Crippen LogP contribution is 2.34. The van der Waals surface area contributed by atoms with Gasteiger partial charge in [-0.25, -0.2) is 4.79 Å². The van der Waals surface area contributed by atoms with E-state index in [0.717, 1.165) is 11.1 Å². The number of benzene rings is 2. The fourth-order valence-electron chi connectivity index (χ4n) is 3.42. The van der Waals surface area contributed by atoms with Crippen molar-refractivity contribution in [1.29, 1.82) is 0 Å². The molecule has 7 heteroatoms. The second kappa shape index (κ2) is 9.32. The fraction of sp³-hybridized carbons (Fsp3) is 0.364. The van der Waals surface area contributed by atoms with E-state index in [4.69, 9.17) is 15.2 Å². The van der Waals surface area contributed by atoms with Gasteiger partial charge in [0.05, 0.1) is 18.5 Å². The molecule has 1 aliphatic rings. The third-order valence-corrected chi connectivity index (χ3v) is 4.82. The number of rotatable bonds is 7. The number of amides is 3. The Bertz CT molecular complexity index is 854. The summed E-state index contributed by atoms with van der Waals surface area (Å²) in [5, 5.41) is 5.74. The summed E-state index contributed by atoms with van der Waals surface area (Å²) < 4.78 is 11.2. The molecule has 0 spiro atoms. The Hall–Kier alpha value is -3.22. The third-order valence-electron chi connectivity index (χ3n) is 4.82. The standard InChI is InChI=1S/C22H27N3O4/c1-14(2)21(16-8-9-18-19(12-16)29-11-10-28-18)25-20(26)13-17(24-22(23)27)15-6-4-3-5-7-15/h3-9,12,14,17,21H,10-11,13H2,1-2H3,(H,25,26)(H3,23,24,27)/t17-,21+/m1/s1. The van der Waals surface area contributed by atoms with E-state index in [-0.39, 0.29) is 24.3 Å². The molecule has 3 rings (SSSR count). The molecule has 0 fully saturated rings. The van der Waals surface area contributed by atoms with Gasteiger partial charge >= 0.3 is 6.03 Å². The van der Waals surface area contributed by atoms with Crippen LogP contribution >= 0.6 is 0 Å². The van der Waals surface area contributed by atoms with Crippen LogP contribution in [0.1, 0.15) is 43.5 Å². The summed E-state index contributed by atoms with van der Waals surface area (Å²) in [6.45, 7) is 5.12. The normalized spacial score (nSPS) is 14.7. The van der Waals surface area contributed by atoms with E-state index in [9.17, 15) is 9.59 Å². The Labute approximate surface area is 170 Å². The highest BCUT2D eigenvalue weighted by atomic mass is 16.6. The van der Waals surface area contributed by atoms with E-state index in [1.165, 1.54) is 0 Å². The molecule has 3 amide bonds. The van der Waals surface area contributed by atoms with Crippen LogP contribution in [0.25, 0.3) is 0 Å². The molecule has 2 aromatic rings. The first-order valence-electron chi connectivity index (χ1n) is 9.74. The molecule has 1 heterocycles. The van der Waals surface area contributed by atoms with Crippen molar-refractivity contribution in [1.82, 2.24) is 10.6 Å². The van der Waals surface area contributed by atoms with E-state index in [2.05, 4.69) is 10.6 Å². The van der Waals surface area contributed by atoms with E-state index in [1.807, 2.05) is 62.4 Å². The molecule has 0 radical (unpaired) electrons. The first kappa shape index (κ1) is 20.5. The maximum absolute atomic E-state index is 12.8. The first-order chi connectivity index (χ1) is 13.9. The SMILES string of the molecule is CC(C)[C@H](NC(=O)C[C@@H](NC(N)=O)c1ccccc1)c1ccc2c(c1)OCCO2. The third kappa shape index (κ3) is 5.40. The lowest BCUT2D eigenvalue weighted by atomic mass is 9.94. The van der Waals surface area contributed by atoms with Gasteiger partial charge in [0, 0.05) is 0 Å². The zero-order valence-corrected chi connectivity index (χ0v) is 16.7. The van der Waals surface area contributed by atoms with E-state index < -0.39 is 12.1 Å². The molecule has 7 nitrogen and oxygen atoms in total. The molecule has 154 valence electrons. The number of hydrogen-bond donors (Lipinski definition) is 3. The summed E-state index contributed by atoms with van der Waals surface area (Å²) in [4.78, 5) is 24.2. The van der Waals surface area contributed by atoms with Crippen molar-refractivity contribution in [3.05, 3.63) is 59.7 Å². The van der Waals surface area contributed by atoms with Gasteiger partial charge in [-0.1, -0.05) is 50.2 Å². The van der Waals surface area contributed by atoms with Gasteiger partial charge in [0.2, 0.25) is 5.91 Å². The molecule has 0 saturated carbocycles. The molecule has 0 aromatic heterocycles. The van der Waals surface area contributed by atoms with Gasteiger partial charge in [-0.15, -0.1) is 0 Å². The number of carbonyl (C=O) groups is 2. The summed E-state index contributed by atoms with van der Waals surface area (Å²) in [7, 11) is 0. The monoisotopic (exact) mass is 397 g/mol. The predicted octanol–water partition coefficient (Wildman–Crippen LogP) is 3.07. The van der Waals surface area contributed by atoms with Gasteiger partial charge < -0.3 is 25.8 Å². The Balaban J connectivity index is 1.74. The van der Waals surface area contributed by atoms with Crippen LogP contribution in [0.5, 0.6) is 11.5 Å². The minimum Gasteiger partial charge on any atom is -0.486 e. The van der Waals surface area contributed by atoms with Crippen LogP contribution in [-0.4, -0.2) is 25.2 Å². The largest absolute Gasteiger partial charge is 0.486 e. The zero-order chi connectivity index (χ0) is 20.8. The molecule has 0 unspecified atom stereocenters. The summed E-state index contributed by atoms with van der Waals surface area (Å²) in [5.41, 5.74) is 7.07. The topological polar surface area (TPSA) is 103 Å². The minimum atomic E-state index is -0.668. The summed E-state index contributed by atoms with van der Waals surface area (Å²) in [5.74, 6) is 1.37. The van der Waals surface area contributed by atoms with Crippen molar-refractivity contribution in [3.63, 3.8) is 0 Å². The maximum Gasteiger partial charge on any atom is 0.312 e. The Kier molecular flexibility index (Phi) is 6.59. The van der Waals surface area contributed by atoms with Crippen LogP contribution in [0.2, 0.25) is 0 Å². The summed E-state index contributed by atoms with van der Waals surface area (Å²) in [6, 6.07) is 13.6. The molecule has 1 aliphatic heterocycles. The first-order valence-corrected chi connectivity index (χ1v) is 9.74. The average Bonchev–Trinajstić information content (AvgIpc) is 2.71. The maximum atomic E-state index is 12.8. The van der Waals surface area contributed by atoms with Crippen molar-refractivity contribution in [2.75, 3.05) is 13.2 Å². The number of nitrogens with two attached hydrogens (primary N) is 1. The second-order valence-corrected chi connectivity index (χ2v) is 7.37. The highest BCUT2D eigenvalue weighted by molar-refractivity contribution is 5.79. The molecule has 2 aromatic carbocycles. The van der Waals surface area contributed by atoms with Crippen molar-refractivity contribution >= 4 is 11.9 Å². The van der Waals surface area contributed by atoms with Gasteiger partial charge in [0.1, 0.15) is 13.2 Å². The van der Waals surface area contributed by atoms with Crippen LogP contribution in [0.15, 0.2) is 48.5 Å². The molecule has 4 N–H and O–H groups in total. The predicted molar refractivity (Wildman–Crippen MR) is 110 cm³/mol. The van der Waals surface area contributed by atoms with E-state index in [1.54, 1.807) is 0 Å². The molecular formula is C22H27N3O4. The Morgan fingerprint density at radius 1 is 0.966 bits per heavy atom. The number of carbonyl (C=O) groups excluding carboxylic acids is 2. The lowest BCUT2D eigenvalue weighted by Crippen LogP contribution is -2.38. The molecule has 2 atom stereocenters. The van der Waals surface area contributed by atoms with Gasteiger partial charge in [-0.3, -0.25) is 4.79 Å². The number of ether oxygens (including phenoxy) is 2. The quantitative estimate of drug-likeness (QED) is 0.668.